The average molecular weight is 526 g/mol. The Balaban J connectivity index is 0.000000527. The number of fused-ring (bicyclic) bond motifs is 3. The van der Waals surface area contributed by atoms with Crippen LogP contribution in [-0.2, 0) is 24.2 Å². The zero-order valence-electron chi connectivity index (χ0n) is 18.1. The largest absolute Gasteiger partial charge is 0.147 e. The Morgan fingerprint density at radius 2 is 1.42 bits per heavy atom. The van der Waals surface area contributed by atoms with Gasteiger partial charge in [0.2, 0.25) is 0 Å². The molecule has 0 saturated heterocycles. The molecule has 0 aliphatic heterocycles. The normalized spacial score (nSPS) is 14.6. The molecule has 0 nitrogen and oxygen atoms in total. The van der Waals surface area contributed by atoms with Crippen LogP contribution >= 0.6 is 24.8 Å². The second-order valence-corrected chi connectivity index (χ2v) is 10.3. The Labute approximate surface area is 212 Å². The maximum atomic E-state index is 2.38. The molecular weight excluding hydrogens is 498 g/mol. The van der Waals surface area contributed by atoms with Gasteiger partial charge in [-0.3, -0.25) is 0 Å². The minimum atomic E-state index is 0. The fourth-order valence-electron chi connectivity index (χ4n) is 4.07. The quantitative estimate of drug-likeness (QED) is 0.231. The Kier molecular flexibility index (Phi) is 9.32. The zero-order chi connectivity index (χ0) is 20.4. The molecule has 1 unspecified atom stereocenters. The number of rotatable bonds is 2. The van der Waals surface area contributed by atoms with E-state index >= 15 is 0 Å². The standard InChI is InChI=1S/C25H19.C3H6.2ClH.Zr/c1-17-14-20(18-8-3-2-4-9-18)16-24(17)23-13-7-12-22-21-11-6-5-10-19(21)15-25(22)23;1-3-2;;;/h2-17H,1H3;1-2H3;2*1H;/q-1;;;;. The van der Waals surface area contributed by atoms with Crippen LogP contribution in [0.4, 0.5) is 0 Å². The fraction of sp³-hybridized carbons (Fsp3) is 0.143. The van der Waals surface area contributed by atoms with E-state index in [1.54, 1.807) is 24.2 Å². The van der Waals surface area contributed by atoms with Crippen molar-refractivity contribution in [1.82, 2.24) is 0 Å². The molecule has 1 aliphatic rings. The molecule has 158 valence electrons. The predicted molar refractivity (Wildman–Crippen MR) is 139 cm³/mol. The van der Waals surface area contributed by atoms with Crippen molar-refractivity contribution in [3.63, 3.8) is 0 Å². The van der Waals surface area contributed by atoms with Crippen LogP contribution in [0.2, 0.25) is 0 Å². The second kappa shape index (κ2) is 11.3. The van der Waals surface area contributed by atoms with Crippen LogP contribution < -0.4 is 0 Å². The summed E-state index contributed by atoms with van der Waals surface area (Å²) in [6.45, 7) is 6.54. The van der Waals surface area contributed by atoms with Crippen LogP contribution in [0.1, 0.15) is 31.9 Å². The van der Waals surface area contributed by atoms with Gasteiger partial charge in [-0.05, 0) is 17.1 Å². The first-order chi connectivity index (χ1) is 14.0. The first kappa shape index (κ1) is 25.6. The SMILES string of the molecule is CC1C=C(c2ccccc2)C=C1c1cccc2c1[cH-]c1ccccc12.C[C](C)=[Zr].Cl.Cl. The van der Waals surface area contributed by atoms with E-state index in [2.05, 4.69) is 112 Å². The Bertz CT molecular complexity index is 1240. The van der Waals surface area contributed by atoms with E-state index in [9.17, 15) is 0 Å². The molecule has 4 aromatic carbocycles. The molecule has 0 aromatic heterocycles. The van der Waals surface area contributed by atoms with Crippen molar-refractivity contribution in [2.45, 2.75) is 20.8 Å². The fourth-order valence-corrected chi connectivity index (χ4v) is 4.07. The molecular formula is C28H27Cl2Zr-. The number of hydrogen-bond donors (Lipinski definition) is 0. The van der Waals surface area contributed by atoms with Gasteiger partial charge in [0.15, 0.2) is 0 Å². The number of allylic oxidation sites excluding steroid dienone is 4. The molecule has 0 fully saturated rings. The van der Waals surface area contributed by atoms with Crippen molar-refractivity contribution in [3.8, 4) is 0 Å². The summed E-state index contributed by atoms with van der Waals surface area (Å²) in [5.74, 6) is 0.429. The van der Waals surface area contributed by atoms with Crippen LogP contribution in [0.15, 0.2) is 91.0 Å². The van der Waals surface area contributed by atoms with E-state index < -0.39 is 0 Å². The molecule has 1 atom stereocenters. The molecule has 1 aliphatic carbocycles. The molecule has 5 rings (SSSR count). The van der Waals surface area contributed by atoms with Crippen LogP contribution in [0, 0.1) is 5.92 Å². The molecule has 31 heavy (non-hydrogen) atoms. The molecule has 4 aromatic rings. The molecule has 0 radical (unpaired) electrons. The van der Waals surface area contributed by atoms with E-state index in [-0.39, 0.29) is 24.8 Å². The summed E-state index contributed by atoms with van der Waals surface area (Å²) in [6.07, 6.45) is 4.75. The number of hydrogen-bond acceptors (Lipinski definition) is 0. The van der Waals surface area contributed by atoms with Gasteiger partial charge in [-0.15, -0.1) is 58.5 Å². The van der Waals surface area contributed by atoms with Gasteiger partial charge in [0, 0.05) is 0 Å². The Morgan fingerprint density at radius 1 is 0.806 bits per heavy atom. The third kappa shape index (κ3) is 5.59. The predicted octanol–water partition coefficient (Wildman–Crippen LogP) is 8.42. The minimum absolute atomic E-state index is 0. The summed E-state index contributed by atoms with van der Waals surface area (Å²) >= 11 is 1.55. The third-order valence-corrected chi connectivity index (χ3v) is 5.31. The van der Waals surface area contributed by atoms with Crippen molar-refractivity contribution < 1.29 is 24.2 Å². The van der Waals surface area contributed by atoms with E-state index in [0.29, 0.717) is 5.92 Å². The summed E-state index contributed by atoms with van der Waals surface area (Å²) < 4.78 is 1.51. The van der Waals surface area contributed by atoms with Gasteiger partial charge in [0.1, 0.15) is 0 Å². The summed E-state index contributed by atoms with van der Waals surface area (Å²) in [6, 6.07) is 28.4. The molecule has 0 saturated carbocycles. The van der Waals surface area contributed by atoms with Crippen LogP contribution in [0.5, 0.6) is 0 Å². The smallest absolute Gasteiger partial charge is 0.147 e. The van der Waals surface area contributed by atoms with Gasteiger partial charge < -0.3 is 0 Å². The molecule has 0 heterocycles. The Morgan fingerprint density at radius 3 is 2.13 bits per heavy atom. The maximum absolute atomic E-state index is 2.38. The van der Waals surface area contributed by atoms with Crippen LogP contribution in [0.25, 0.3) is 32.7 Å². The van der Waals surface area contributed by atoms with Gasteiger partial charge in [-0.2, -0.15) is 0 Å². The third-order valence-electron chi connectivity index (χ3n) is 5.31. The summed E-state index contributed by atoms with van der Waals surface area (Å²) in [4.78, 5) is 0. The zero-order valence-corrected chi connectivity index (χ0v) is 22.1. The van der Waals surface area contributed by atoms with Crippen LogP contribution in [-0.4, -0.2) is 3.21 Å². The first-order valence-electron chi connectivity index (χ1n) is 10.1. The van der Waals surface area contributed by atoms with Crippen molar-refractivity contribution in [2.75, 3.05) is 0 Å². The molecule has 0 spiro atoms. The van der Waals surface area contributed by atoms with E-state index in [1.807, 2.05) is 0 Å². The maximum Gasteiger partial charge on any atom is -0.147 e. The van der Waals surface area contributed by atoms with Crippen molar-refractivity contribution in [1.29, 1.82) is 0 Å². The summed E-state index contributed by atoms with van der Waals surface area (Å²) in [5, 5.41) is 5.40. The van der Waals surface area contributed by atoms with Crippen molar-refractivity contribution in [3.05, 3.63) is 102 Å². The minimum Gasteiger partial charge on any atom is -0.147 e. The topological polar surface area (TPSA) is 0 Å². The average Bonchev–Trinajstić information content (AvgIpc) is 3.29. The van der Waals surface area contributed by atoms with Crippen molar-refractivity contribution in [2.24, 2.45) is 5.92 Å². The Hall–Kier alpha value is -1.66. The van der Waals surface area contributed by atoms with Gasteiger partial charge in [0.05, 0.1) is 0 Å². The van der Waals surface area contributed by atoms with Gasteiger partial charge in [0.25, 0.3) is 0 Å². The molecule has 0 N–H and O–H groups in total. The molecule has 0 amide bonds. The van der Waals surface area contributed by atoms with Crippen molar-refractivity contribution >= 4 is 60.7 Å². The monoisotopic (exact) mass is 523 g/mol. The van der Waals surface area contributed by atoms with E-state index in [1.165, 1.54) is 47.0 Å². The summed E-state index contributed by atoms with van der Waals surface area (Å²) in [7, 11) is 0. The molecule has 3 heteroatoms. The van der Waals surface area contributed by atoms with E-state index in [0.717, 1.165) is 0 Å². The second-order valence-electron chi connectivity index (χ2n) is 7.87. The van der Waals surface area contributed by atoms with Gasteiger partial charge >= 0.3 is 41.3 Å². The van der Waals surface area contributed by atoms with E-state index in [4.69, 9.17) is 0 Å². The number of benzene rings is 3. The first-order valence-corrected chi connectivity index (χ1v) is 11.4. The number of halogens is 2. The van der Waals surface area contributed by atoms with Gasteiger partial charge in [-0.25, -0.2) is 0 Å². The van der Waals surface area contributed by atoms with Crippen LogP contribution in [0.3, 0.4) is 0 Å². The van der Waals surface area contributed by atoms with Gasteiger partial charge in [-0.1, -0.05) is 96.9 Å². The summed E-state index contributed by atoms with van der Waals surface area (Å²) in [5.41, 5.74) is 5.41. The molecule has 0 bridgehead atoms.